The van der Waals surface area contributed by atoms with E-state index in [1.54, 1.807) is 43.5 Å². The minimum atomic E-state index is -0.639. The second kappa shape index (κ2) is 12.1. The minimum absolute atomic E-state index is 0.0382. The van der Waals surface area contributed by atoms with Crippen molar-refractivity contribution >= 4 is 46.6 Å². The smallest absolute Gasteiger partial charge is 0.411 e. The zero-order chi connectivity index (χ0) is 30.0. The van der Waals surface area contributed by atoms with Gasteiger partial charge in [-0.2, -0.15) is 0 Å². The number of nitrogens with zero attached hydrogens (tertiary/aromatic N) is 2. The molecule has 1 aromatic heterocycles. The third kappa shape index (κ3) is 5.87. The molecule has 42 heavy (non-hydrogen) atoms. The van der Waals surface area contributed by atoms with E-state index in [1.165, 1.54) is 18.2 Å². The lowest BCUT2D eigenvalue weighted by molar-refractivity contribution is -0.120. The zero-order valence-corrected chi connectivity index (χ0v) is 23.9. The summed E-state index contributed by atoms with van der Waals surface area (Å²) in [5.41, 5.74) is 8.62. The maximum Gasteiger partial charge on any atom is 0.411 e. The van der Waals surface area contributed by atoms with Crippen LogP contribution in [0.2, 0.25) is 5.02 Å². The summed E-state index contributed by atoms with van der Waals surface area (Å²) >= 11 is 5.95. The molecule has 2 aromatic carbocycles. The van der Waals surface area contributed by atoms with Gasteiger partial charge in [-0.15, -0.1) is 5.53 Å². The number of halogens is 2. The number of rotatable bonds is 4. The lowest BCUT2D eigenvalue weighted by atomic mass is 9.98. The quantitative estimate of drug-likeness (QED) is 0.253. The molecule has 0 saturated carbocycles. The number of hydrogen-bond donors (Lipinski definition) is 6. The summed E-state index contributed by atoms with van der Waals surface area (Å²) in [7, 11) is 1.26. The highest BCUT2D eigenvalue weighted by molar-refractivity contribution is 6.31. The van der Waals surface area contributed by atoms with Crippen LogP contribution in [-0.2, 0) is 14.3 Å². The average Bonchev–Trinajstić information content (AvgIpc) is 3.60. The van der Waals surface area contributed by atoms with Gasteiger partial charge in [0.25, 0.3) is 5.91 Å². The van der Waals surface area contributed by atoms with Gasteiger partial charge in [0.05, 0.1) is 47.1 Å². The molecule has 0 unspecified atom stereocenters. The van der Waals surface area contributed by atoms with Gasteiger partial charge in [0, 0.05) is 17.2 Å². The molecule has 2 atom stereocenters. The van der Waals surface area contributed by atoms with E-state index in [0.717, 1.165) is 0 Å². The number of allylic oxidation sites excluding steroid dienone is 1. The van der Waals surface area contributed by atoms with E-state index in [2.05, 4.69) is 41.6 Å². The number of aromatic amines is 1. The van der Waals surface area contributed by atoms with Crippen molar-refractivity contribution in [2.45, 2.75) is 39.2 Å². The average molecular weight is 597 g/mol. The van der Waals surface area contributed by atoms with Crippen molar-refractivity contribution in [3.05, 3.63) is 70.5 Å². The molecule has 0 fully saturated rings. The number of hydrazine groups is 2. The molecule has 0 spiro atoms. The highest BCUT2D eigenvalue weighted by Gasteiger charge is 2.30. The van der Waals surface area contributed by atoms with Crippen molar-refractivity contribution in [1.82, 2.24) is 26.2 Å². The van der Waals surface area contributed by atoms with Crippen LogP contribution in [-0.4, -0.2) is 35.0 Å². The first kappa shape index (κ1) is 28.9. The molecule has 6 N–H and O–H groups in total. The lowest BCUT2D eigenvalue weighted by Gasteiger charge is -2.21. The topological polar surface area (TPSA) is 153 Å². The highest BCUT2D eigenvalue weighted by Crippen LogP contribution is 2.33. The van der Waals surface area contributed by atoms with Crippen molar-refractivity contribution in [2.75, 3.05) is 22.8 Å². The van der Waals surface area contributed by atoms with Crippen LogP contribution < -0.4 is 31.9 Å². The Kier molecular flexibility index (Phi) is 8.31. The second-order valence-corrected chi connectivity index (χ2v) is 10.4. The maximum atomic E-state index is 14.7. The fourth-order valence-electron chi connectivity index (χ4n) is 4.83. The van der Waals surface area contributed by atoms with Crippen molar-refractivity contribution in [2.24, 2.45) is 5.92 Å². The van der Waals surface area contributed by atoms with Crippen LogP contribution in [0.25, 0.3) is 11.4 Å². The predicted octanol–water partition coefficient (Wildman–Crippen LogP) is 4.72. The molecule has 14 heteroatoms. The molecule has 3 heterocycles. The zero-order valence-electron chi connectivity index (χ0n) is 23.1. The van der Waals surface area contributed by atoms with Gasteiger partial charge in [0.1, 0.15) is 11.5 Å². The highest BCUT2D eigenvalue weighted by atomic mass is 35.5. The van der Waals surface area contributed by atoms with E-state index >= 15 is 0 Å². The van der Waals surface area contributed by atoms with Crippen LogP contribution in [0, 0.1) is 11.7 Å². The SMILES string of the molecule is COC(=O)Nc1ccc2c(c1)NC(=O)[C@H](C)CCC[C@H](NC(=O)C1=C(C)N(c3cccc(Cl)c3F)NN1)c1cnc-2[nH]1. The van der Waals surface area contributed by atoms with E-state index in [0.29, 0.717) is 53.4 Å². The van der Waals surface area contributed by atoms with E-state index in [-0.39, 0.29) is 28.2 Å². The number of amides is 3. The molecule has 0 saturated heterocycles. The number of hydrogen-bond acceptors (Lipinski definition) is 8. The van der Waals surface area contributed by atoms with Gasteiger partial charge in [-0.05, 0) is 50.1 Å². The van der Waals surface area contributed by atoms with Crippen molar-refractivity contribution < 1.29 is 23.5 Å². The number of carbonyl (C=O) groups is 3. The predicted molar refractivity (Wildman–Crippen MR) is 155 cm³/mol. The Morgan fingerprint density at radius 2 is 2.02 bits per heavy atom. The lowest BCUT2D eigenvalue weighted by Crippen LogP contribution is -2.40. The Morgan fingerprint density at radius 3 is 2.81 bits per heavy atom. The molecule has 12 nitrogen and oxygen atoms in total. The van der Waals surface area contributed by atoms with Crippen LogP contribution in [0.15, 0.2) is 54.0 Å². The molecule has 2 aliphatic rings. The number of fused-ring (bicyclic) bond motifs is 4. The van der Waals surface area contributed by atoms with Gasteiger partial charge >= 0.3 is 6.09 Å². The van der Waals surface area contributed by atoms with E-state index in [9.17, 15) is 18.8 Å². The third-order valence-corrected chi connectivity index (χ3v) is 7.50. The first-order valence-corrected chi connectivity index (χ1v) is 13.7. The Labute approximate surface area is 246 Å². The van der Waals surface area contributed by atoms with Gasteiger partial charge in [0.2, 0.25) is 5.91 Å². The van der Waals surface area contributed by atoms with Crippen LogP contribution >= 0.6 is 11.6 Å². The number of imidazole rings is 1. The van der Waals surface area contributed by atoms with Gasteiger partial charge in [0.15, 0.2) is 5.82 Å². The van der Waals surface area contributed by atoms with Crippen LogP contribution in [0.3, 0.4) is 0 Å². The van der Waals surface area contributed by atoms with Crippen molar-refractivity contribution in [1.29, 1.82) is 0 Å². The number of carbonyl (C=O) groups excluding carboxylic acids is 3. The summed E-state index contributed by atoms with van der Waals surface area (Å²) in [6.07, 6.45) is 2.74. The molecule has 2 aliphatic heterocycles. The number of anilines is 3. The summed E-state index contributed by atoms with van der Waals surface area (Å²) in [6.45, 7) is 3.51. The van der Waals surface area contributed by atoms with Gasteiger partial charge in [-0.3, -0.25) is 25.3 Å². The number of aromatic nitrogens is 2. The molecule has 0 aliphatic carbocycles. The van der Waals surface area contributed by atoms with E-state index < -0.39 is 23.9 Å². The fraction of sp³-hybridized carbons (Fsp3) is 0.286. The molecular weight excluding hydrogens is 567 g/mol. The molecule has 0 radical (unpaired) electrons. The Hall–Kier alpha value is -4.62. The Bertz CT molecular complexity index is 1570. The second-order valence-electron chi connectivity index (χ2n) is 10.0. The Morgan fingerprint density at radius 1 is 1.21 bits per heavy atom. The largest absolute Gasteiger partial charge is 0.453 e. The van der Waals surface area contributed by atoms with E-state index in [1.807, 2.05) is 6.92 Å². The molecule has 3 amide bonds. The van der Waals surface area contributed by atoms with Crippen molar-refractivity contribution in [3.63, 3.8) is 0 Å². The number of nitrogens with one attached hydrogen (secondary N) is 6. The molecule has 2 bridgehead atoms. The van der Waals surface area contributed by atoms with Gasteiger partial charge in [-0.1, -0.05) is 31.0 Å². The minimum Gasteiger partial charge on any atom is -0.453 e. The summed E-state index contributed by atoms with van der Waals surface area (Å²) in [6, 6.07) is 9.16. The van der Waals surface area contributed by atoms with Gasteiger partial charge < -0.3 is 20.4 Å². The number of methoxy groups -OCH3 is 1. The standard InChI is InChI=1S/C28H30ClFN8O4/c1-14-6-4-8-19(34-27(40)24-15(2)38(37-36-24)22-9-5-7-18(29)23(22)30)21-13-31-25(33-21)17-11-10-16(32-28(41)42-3)12-20(17)35-26(14)39/h5,7,9-14,19,36-37H,4,6,8H2,1-3H3,(H,31,33)(H,32,41)(H,34,40)(H,35,39)/t14-,19+/m1/s1. The first-order chi connectivity index (χ1) is 20.2. The fourth-order valence-corrected chi connectivity index (χ4v) is 5.00. The first-order valence-electron chi connectivity index (χ1n) is 13.3. The molecule has 3 aromatic rings. The molecular formula is C28H30ClFN8O4. The van der Waals surface area contributed by atoms with Crippen molar-refractivity contribution in [3.8, 4) is 11.4 Å². The summed E-state index contributed by atoms with van der Waals surface area (Å²) in [4.78, 5) is 46.0. The molecule has 220 valence electrons. The summed E-state index contributed by atoms with van der Waals surface area (Å²) < 4.78 is 19.3. The van der Waals surface area contributed by atoms with E-state index in [4.69, 9.17) is 11.6 Å². The van der Waals surface area contributed by atoms with Crippen LogP contribution in [0.5, 0.6) is 0 Å². The summed E-state index contributed by atoms with van der Waals surface area (Å²) in [5, 5.41) is 9.96. The maximum absolute atomic E-state index is 14.7. The molecule has 5 rings (SSSR count). The number of benzene rings is 2. The third-order valence-electron chi connectivity index (χ3n) is 7.21. The van der Waals surface area contributed by atoms with Gasteiger partial charge in [-0.25, -0.2) is 14.2 Å². The normalized spacial score (nSPS) is 18.7. The van der Waals surface area contributed by atoms with Crippen LogP contribution in [0.4, 0.5) is 26.2 Å². The Balaban J connectivity index is 1.43. The summed E-state index contributed by atoms with van der Waals surface area (Å²) in [5.74, 6) is -1.07. The van der Waals surface area contributed by atoms with Crippen LogP contribution in [0.1, 0.15) is 44.8 Å². The monoisotopic (exact) mass is 596 g/mol. The number of ether oxygens (including phenoxy) is 1. The number of H-pyrrole nitrogens is 1.